The van der Waals surface area contributed by atoms with Crippen LogP contribution in [0.2, 0.25) is 0 Å². The number of aliphatic hydroxyl groups is 1. The van der Waals surface area contributed by atoms with Crippen LogP contribution in [0.15, 0.2) is 0 Å². The van der Waals surface area contributed by atoms with Gasteiger partial charge in [0, 0.05) is 13.2 Å². The number of urea groups is 1. The Morgan fingerprint density at radius 3 is 2.37 bits per heavy atom. The van der Waals surface area contributed by atoms with E-state index >= 15 is 0 Å². The molecular weight excluding hydrogens is 250 g/mol. The number of nitrogens with two attached hydrogens (primary N) is 1. The summed E-state index contributed by atoms with van der Waals surface area (Å²) in [7, 11) is 0. The summed E-state index contributed by atoms with van der Waals surface area (Å²) < 4.78 is 5.23. The molecule has 1 saturated heterocycles. The molecule has 0 bridgehead atoms. The van der Waals surface area contributed by atoms with E-state index in [9.17, 15) is 14.7 Å². The van der Waals surface area contributed by atoms with Crippen molar-refractivity contribution in [2.75, 3.05) is 19.8 Å². The topological polar surface area (TPSA) is 114 Å². The Bertz CT molecular complexity index is 327. The number of carbonyl (C=O) groups excluding carboxylic acids is 2. The van der Waals surface area contributed by atoms with Gasteiger partial charge in [0.15, 0.2) is 0 Å². The van der Waals surface area contributed by atoms with Gasteiger partial charge in [0.2, 0.25) is 5.91 Å². The van der Waals surface area contributed by atoms with Gasteiger partial charge in [-0.15, -0.1) is 0 Å². The predicted molar refractivity (Wildman–Crippen MR) is 69.4 cm³/mol. The molecule has 7 heteroatoms. The van der Waals surface area contributed by atoms with Gasteiger partial charge in [-0.25, -0.2) is 4.79 Å². The summed E-state index contributed by atoms with van der Waals surface area (Å²) in [5, 5.41) is 14.8. The van der Waals surface area contributed by atoms with Gasteiger partial charge in [-0.3, -0.25) is 4.79 Å². The molecule has 1 aliphatic heterocycles. The SMILES string of the molecule is CC(C)C(NC(N)=O)C(=O)NC1(CO)CCOCC1. The maximum Gasteiger partial charge on any atom is 0.312 e. The molecule has 0 spiro atoms. The van der Waals surface area contributed by atoms with Crippen LogP contribution >= 0.6 is 0 Å². The van der Waals surface area contributed by atoms with Gasteiger partial charge in [-0.1, -0.05) is 13.8 Å². The van der Waals surface area contributed by atoms with Gasteiger partial charge in [0.05, 0.1) is 12.1 Å². The summed E-state index contributed by atoms with van der Waals surface area (Å²) in [6, 6.07) is -1.44. The third-order valence-corrected chi connectivity index (χ3v) is 3.39. The lowest BCUT2D eigenvalue weighted by molar-refractivity contribution is -0.128. The van der Waals surface area contributed by atoms with Crippen LogP contribution in [0.25, 0.3) is 0 Å². The largest absolute Gasteiger partial charge is 0.394 e. The fraction of sp³-hybridized carbons (Fsp3) is 0.833. The Hall–Kier alpha value is -1.34. The van der Waals surface area contributed by atoms with Crippen molar-refractivity contribution in [2.24, 2.45) is 11.7 Å². The van der Waals surface area contributed by atoms with Crippen LogP contribution < -0.4 is 16.4 Å². The van der Waals surface area contributed by atoms with Crippen molar-refractivity contribution >= 4 is 11.9 Å². The standard InChI is InChI=1S/C12H23N3O4/c1-8(2)9(14-11(13)18)10(17)15-12(7-16)3-5-19-6-4-12/h8-9,16H,3-7H2,1-2H3,(H,15,17)(H3,13,14,18). The first-order valence-electron chi connectivity index (χ1n) is 6.47. The highest BCUT2D eigenvalue weighted by Gasteiger charge is 2.36. The zero-order chi connectivity index (χ0) is 14.5. The van der Waals surface area contributed by atoms with Gasteiger partial charge >= 0.3 is 6.03 Å². The number of carbonyl (C=O) groups is 2. The van der Waals surface area contributed by atoms with Crippen molar-refractivity contribution in [3.8, 4) is 0 Å². The van der Waals surface area contributed by atoms with E-state index in [1.165, 1.54) is 0 Å². The molecule has 1 rings (SSSR count). The highest BCUT2D eigenvalue weighted by atomic mass is 16.5. The summed E-state index contributed by atoms with van der Waals surface area (Å²) in [6.45, 7) is 4.47. The summed E-state index contributed by atoms with van der Waals surface area (Å²) in [5.41, 5.74) is 4.40. The number of nitrogens with one attached hydrogen (secondary N) is 2. The number of hydrogen-bond donors (Lipinski definition) is 4. The van der Waals surface area contributed by atoms with E-state index in [0.717, 1.165) is 0 Å². The van der Waals surface area contributed by atoms with Crippen LogP contribution in [-0.2, 0) is 9.53 Å². The third kappa shape index (κ3) is 4.36. The van der Waals surface area contributed by atoms with Crippen LogP contribution in [0.1, 0.15) is 26.7 Å². The van der Waals surface area contributed by atoms with Crippen LogP contribution in [0, 0.1) is 5.92 Å². The Labute approximate surface area is 112 Å². The number of hydrogen-bond acceptors (Lipinski definition) is 4. The average molecular weight is 273 g/mol. The van der Waals surface area contributed by atoms with E-state index in [0.29, 0.717) is 26.1 Å². The van der Waals surface area contributed by atoms with Crippen molar-refractivity contribution in [1.82, 2.24) is 10.6 Å². The maximum atomic E-state index is 12.2. The monoisotopic (exact) mass is 273 g/mol. The number of rotatable bonds is 5. The molecule has 19 heavy (non-hydrogen) atoms. The molecule has 110 valence electrons. The molecule has 1 heterocycles. The second-order valence-corrected chi connectivity index (χ2v) is 5.27. The van der Waals surface area contributed by atoms with Gasteiger partial charge < -0.3 is 26.2 Å². The second-order valence-electron chi connectivity index (χ2n) is 5.27. The third-order valence-electron chi connectivity index (χ3n) is 3.39. The lowest BCUT2D eigenvalue weighted by Crippen LogP contribution is -2.60. The highest BCUT2D eigenvalue weighted by molar-refractivity contribution is 5.87. The van der Waals surface area contributed by atoms with Crippen LogP contribution in [0.5, 0.6) is 0 Å². The molecule has 0 aromatic heterocycles. The minimum atomic E-state index is -0.737. The smallest absolute Gasteiger partial charge is 0.312 e. The minimum Gasteiger partial charge on any atom is -0.394 e. The zero-order valence-corrected chi connectivity index (χ0v) is 11.4. The lowest BCUT2D eigenvalue weighted by Gasteiger charge is -2.37. The van der Waals surface area contributed by atoms with Crippen molar-refractivity contribution in [2.45, 2.75) is 38.3 Å². The number of amides is 3. The summed E-state index contributed by atoms with van der Waals surface area (Å²) in [4.78, 5) is 23.1. The molecule has 1 atom stereocenters. The molecule has 7 nitrogen and oxygen atoms in total. The van der Waals surface area contributed by atoms with Crippen molar-refractivity contribution in [3.63, 3.8) is 0 Å². The molecule has 1 unspecified atom stereocenters. The summed E-state index contributed by atoms with van der Waals surface area (Å²) >= 11 is 0. The maximum absolute atomic E-state index is 12.2. The lowest BCUT2D eigenvalue weighted by atomic mass is 9.90. The molecule has 0 aliphatic carbocycles. The van der Waals surface area contributed by atoms with Crippen molar-refractivity contribution < 1.29 is 19.4 Å². The van der Waals surface area contributed by atoms with Crippen molar-refractivity contribution in [1.29, 1.82) is 0 Å². The Kier molecular flexibility index (Phi) is 5.56. The van der Waals surface area contributed by atoms with Crippen LogP contribution in [0.4, 0.5) is 4.79 Å². The second kappa shape index (κ2) is 6.72. The van der Waals surface area contributed by atoms with E-state index in [2.05, 4.69) is 10.6 Å². The zero-order valence-electron chi connectivity index (χ0n) is 11.4. The first-order valence-corrected chi connectivity index (χ1v) is 6.47. The predicted octanol–water partition coefficient (Wildman–Crippen LogP) is -0.663. The van der Waals surface area contributed by atoms with Gasteiger partial charge in [0.1, 0.15) is 6.04 Å². The average Bonchev–Trinajstić information content (AvgIpc) is 2.36. The molecule has 0 saturated carbocycles. The molecule has 5 N–H and O–H groups in total. The van der Waals surface area contributed by atoms with E-state index in [1.807, 2.05) is 13.8 Å². The number of ether oxygens (including phenoxy) is 1. The van der Waals surface area contributed by atoms with Crippen molar-refractivity contribution in [3.05, 3.63) is 0 Å². The van der Waals surface area contributed by atoms with E-state index in [1.54, 1.807) is 0 Å². The van der Waals surface area contributed by atoms with Gasteiger partial charge in [0.25, 0.3) is 0 Å². The van der Waals surface area contributed by atoms with E-state index in [4.69, 9.17) is 10.5 Å². The number of primary amides is 1. The quantitative estimate of drug-likeness (QED) is 0.532. The molecule has 0 radical (unpaired) electrons. The molecule has 1 aliphatic rings. The first-order chi connectivity index (χ1) is 8.90. The number of aliphatic hydroxyl groups excluding tert-OH is 1. The van der Waals surface area contributed by atoms with Crippen LogP contribution in [0.3, 0.4) is 0 Å². The normalized spacial score (nSPS) is 19.8. The minimum absolute atomic E-state index is 0.0944. The van der Waals surface area contributed by atoms with Gasteiger partial charge in [-0.2, -0.15) is 0 Å². The first kappa shape index (κ1) is 15.7. The van der Waals surface area contributed by atoms with E-state index < -0.39 is 17.6 Å². The van der Waals surface area contributed by atoms with Gasteiger partial charge in [-0.05, 0) is 18.8 Å². The summed E-state index contributed by atoms with van der Waals surface area (Å²) in [5.74, 6) is -0.423. The van der Waals surface area contributed by atoms with Crippen LogP contribution in [-0.4, -0.2) is 48.4 Å². The Morgan fingerprint density at radius 1 is 1.37 bits per heavy atom. The summed E-state index contributed by atoms with van der Waals surface area (Å²) in [6.07, 6.45) is 1.10. The van der Waals surface area contributed by atoms with E-state index in [-0.39, 0.29) is 18.4 Å². The molecule has 3 amide bonds. The molecule has 1 fully saturated rings. The fourth-order valence-electron chi connectivity index (χ4n) is 2.11. The molecule has 0 aromatic carbocycles. The Morgan fingerprint density at radius 2 is 1.95 bits per heavy atom. The molecular formula is C12H23N3O4. The fourth-order valence-corrected chi connectivity index (χ4v) is 2.11. The molecule has 0 aromatic rings. The Balaban J connectivity index is 2.71. The highest BCUT2D eigenvalue weighted by Crippen LogP contribution is 2.20.